The van der Waals surface area contributed by atoms with Gasteiger partial charge in [0.05, 0.1) is 0 Å². The van der Waals surface area contributed by atoms with Crippen molar-refractivity contribution >= 4 is 24.5 Å². The van der Waals surface area contributed by atoms with Crippen LogP contribution in [0.5, 0.6) is 0 Å². The number of aryl methyl sites for hydroxylation is 1. The minimum Gasteiger partial charge on any atom is -0.480 e. The second-order valence-corrected chi connectivity index (χ2v) is 3.58. The number of pyridine rings is 1. The van der Waals surface area contributed by atoms with Gasteiger partial charge in [-0.1, -0.05) is 6.07 Å². The molecule has 2 N–H and O–H groups in total. The highest BCUT2D eigenvalue weighted by Crippen LogP contribution is 1.99. The van der Waals surface area contributed by atoms with Gasteiger partial charge in [0, 0.05) is 11.4 Å². The molecule has 5 nitrogen and oxygen atoms in total. The molecule has 16 heavy (non-hydrogen) atoms. The Balaban J connectivity index is 2.75. The second kappa shape index (κ2) is 5.50. The Kier molecular flexibility index (Phi) is 4.30. The van der Waals surface area contributed by atoms with E-state index in [1.54, 1.807) is 19.1 Å². The molecule has 0 unspecified atom stereocenters. The molecule has 1 amide bonds. The third-order valence-electron chi connectivity index (χ3n) is 1.91. The zero-order valence-corrected chi connectivity index (χ0v) is 9.57. The number of aliphatic carboxylic acids is 1. The average molecular weight is 240 g/mol. The molecule has 0 fully saturated rings. The number of hydrogen-bond acceptors (Lipinski definition) is 4. The lowest BCUT2D eigenvalue weighted by atomic mass is 10.2. The molecule has 0 radical (unpaired) electrons. The van der Waals surface area contributed by atoms with Crippen molar-refractivity contribution < 1.29 is 14.7 Å². The zero-order chi connectivity index (χ0) is 12.1. The molecule has 1 rings (SSSR count). The van der Waals surface area contributed by atoms with E-state index in [-0.39, 0.29) is 11.4 Å². The molecule has 86 valence electrons. The van der Waals surface area contributed by atoms with E-state index in [0.717, 1.165) is 0 Å². The molecular formula is C10H12N2O3S. The summed E-state index contributed by atoms with van der Waals surface area (Å²) < 4.78 is 0. The molecule has 0 saturated heterocycles. The Hall–Kier alpha value is -1.56. The molecule has 1 aromatic heterocycles. The minimum atomic E-state index is -1.11. The van der Waals surface area contributed by atoms with Gasteiger partial charge in [-0.2, -0.15) is 12.6 Å². The molecule has 0 spiro atoms. The van der Waals surface area contributed by atoms with Crippen LogP contribution in [0.25, 0.3) is 0 Å². The fourth-order valence-electron chi connectivity index (χ4n) is 1.09. The molecule has 6 heteroatoms. The summed E-state index contributed by atoms with van der Waals surface area (Å²) in [7, 11) is 0. The predicted molar refractivity (Wildman–Crippen MR) is 61.7 cm³/mol. The monoisotopic (exact) mass is 240 g/mol. The van der Waals surface area contributed by atoms with Crippen molar-refractivity contribution in [2.75, 3.05) is 5.75 Å². The van der Waals surface area contributed by atoms with Gasteiger partial charge in [0.15, 0.2) is 0 Å². The lowest BCUT2D eigenvalue weighted by Gasteiger charge is -2.11. The Morgan fingerprint density at radius 3 is 2.75 bits per heavy atom. The van der Waals surface area contributed by atoms with Crippen LogP contribution in [0.2, 0.25) is 0 Å². The summed E-state index contributed by atoms with van der Waals surface area (Å²) in [6, 6.07) is 3.97. The number of aromatic nitrogens is 1. The van der Waals surface area contributed by atoms with E-state index < -0.39 is 17.9 Å². The number of rotatable bonds is 4. The molecule has 0 aliphatic heterocycles. The van der Waals surface area contributed by atoms with Crippen molar-refractivity contribution in [3.63, 3.8) is 0 Å². The van der Waals surface area contributed by atoms with Crippen molar-refractivity contribution in [1.82, 2.24) is 10.3 Å². The predicted octanol–water partition coefficient (Wildman–Crippen LogP) is 0.503. The van der Waals surface area contributed by atoms with Crippen LogP contribution in [0.1, 0.15) is 16.2 Å². The van der Waals surface area contributed by atoms with E-state index in [4.69, 9.17) is 5.11 Å². The Labute approximate surface area is 98.3 Å². The summed E-state index contributed by atoms with van der Waals surface area (Å²) in [5, 5.41) is 11.1. The fraction of sp³-hybridized carbons (Fsp3) is 0.300. The third kappa shape index (κ3) is 3.23. The first kappa shape index (κ1) is 12.5. The fourth-order valence-corrected chi connectivity index (χ4v) is 1.33. The van der Waals surface area contributed by atoms with E-state index in [1.807, 2.05) is 0 Å². The van der Waals surface area contributed by atoms with Gasteiger partial charge < -0.3 is 10.4 Å². The maximum Gasteiger partial charge on any atom is 0.327 e. The lowest BCUT2D eigenvalue weighted by molar-refractivity contribution is -0.138. The molecule has 1 heterocycles. The number of carbonyl (C=O) groups excluding carboxylic acids is 1. The number of hydrogen-bond donors (Lipinski definition) is 3. The molecule has 0 aliphatic rings. The first-order valence-corrected chi connectivity index (χ1v) is 5.26. The number of carboxylic acid groups (broad SMARTS) is 1. The average Bonchev–Trinajstić information content (AvgIpc) is 2.25. The van der Waals surface area contributed by atoms with Crippen LogP contribution in [0.4, 0.5) is 0 Å². The topological polar surface area (TPSA) is 79.3 Å². The van der Waals surface area contributed by atoms with Crippen LogP contribution < -0.4 is 5.32 Å². The van der Waals surface area contributed by atoms with E-state index in [1.165, 1.54) is 6.07 Å². The molecule has 1 atom stereocenters. The van der Waals surface area contributed by atoms with E-state index in [9.17, 15) is 9.59 Å². The highest BCUT2D eigenvalue weighted by atomic mass is 32.1. The maximum absolute atomic E-state index is 11.6. The minimum absolute atomic E-state index is 0.0346. The summed E-state index contributed by atoms with van der Waals surface area (Å²) >= 11 is 3.85. The molecule has 0 aromatic carbocycles. The van der Waals surface area contributed by atoms with Crippen molar-refractivity contribution in [1.29, 1.82) is 0 Å². The zero-order valence-electron chi connectivity index (χ0n) is 8.67. The molecule has 0 bridgehead atoms. The van der Waals surface area contributed by atoms with Crippen molar-refractivity contribution in [2.24, 2.45) is 0 Å². The van der Waals surface area contributed by atoms with Gasteiger partial charge in [-0.05, 0) is 19.1 Å². The molecular weight excluding hydrogens is 228 g/mol. The Bertz CT molecular complexity index is 409. The Morgan fingerprint density at radius 1 is 1.56 bits per heavy atom. The maximum atomic E-state index is 11.6. The summed E-state index contributed by atoms with van der Waals surface area (Å²) in [5.41, 5.74) is 0.901. The van der Waals surface area contributed by atoms with Crippen LogP contribution in [0, 0.1) is 6.92 Å². The van der Waals surface area contributed by atoms with E-state index >= 15 is 0 Å². The van der Waals surface area contributed by atoms with Gasteiger partial charge >= 0.3 is 5.97 Å². The van der Waals surface area contributed by atoms with Crippen LogP contribution in [-0.4, -0.2) is 33.8 Å². The molecule has 0 saturated carbocycles. The van der Waals surface area contributed by atoms with Crippen molar-refractivity contribution in [3.8, 4) is 0 Å². The van der Waals surface area contributed by atoms with Gasteiger partial charge in [-0.25, -0.2) is 9.78 Å². The number of thiol groups is 1. The summed E-state index contributed by atoms with van der Waals surface area (Å²) in [6.45, 7) is 1.75. The number of carbonyl (C=O) groups is 2. The first-order chi connectivity index (χ1) is 7.54. The molecule has 0 aliphatic carbocycles. The van der Waals surface area contributed by atoms with Crippen molar-refractivity contribution in [2.45, 2.75) is 13.0 Å². The van der Waals surface area contributed by atoms with Gasteiger partial charge in [0.2, 0.25) is 0 Å². The summed E-state index contributed by atoms with van der Waals surface area (Å²) in [4.78, 5) is 26.3. The largest absolute Gasteiger partial charge is 0.480 e. The summed E-state index contributed by atoms with van der Waals surface area (Å²) in [5.74, 6) is -1.59. The van der Waals surface area contributed by atoms with E-state index in [0.29, 0.717) is 5.69 Å². The first-order valence-electron chi connectivity index (χ1n) is 4.62. The second-order valence-electron chi connectivity index (χ2n) is 3.21. The van der Waals surface area contributed by atoms with Gasteiger partial charge in [0.1, 0.15) is 11.7 Å². The summed E-state index contributed by atoms with van der Waals surface area (Å²) in [6.07, 6.45) is 0. The highest BCUT2D eigenvalue weighted by Gasteiger charge is 2.19. The number of nitrogens with zero attached hydrogens (tertiary/aromatic N) is 1. The van der Waals surface area contributed by atoms with Gasteiger partial charge in [-0.15, -0.1) is 0 Å². The Morgan fingerprint density at radius 2 is 2.25 bits per heavy atom. The van der Waals surface area contributed by atoms with Crippen LogP contribution in [0.15, 0.2) is 18.2 Å². The third-order valence-corrected chi connectivity index (χ3v) is 2.27. The van der Waals surface area contributed by atoms with Gasteiger partial charge in [-0.3, -0.25) is 4.79 Å². The van der Waals surface area contributed by atoms with Crippen LogP contribution >= 0.6 is 12.6 Å². The van der Waals surface area contributed by atoms with Crippen LogP contribution in [0.3, 0.4) is 0 Å². The molecule has 1 aromatic rings. The van der Waals surface area contributed by atoms with Crippen LogP contribution in [-0.2, 0) is 4.79 Å². The lowest BCUT2D eigenvalue weighted by Crippen LogP contribution is -2.42. The quantitative estimate of drug-likeness (QED) is 0.670. The SMILES string of the molecule is Cc1cccc(C(=O)N[C@@H](CS)C(=O)O)n1. The number of nitrogens with one attached hydrogen (secondary N) is 1. The normalized spacial score (nSPS) is 11.9. The smallest absolute Gasteiger partial charge is 0.327 e. The number of carboxylic acids is 1. The highest BCUT2D eigenvalue weighted by molar-refractivity contribution is 7.80. The standard InChI is InChI=1S/C10H12N2O3S/c1-6-3-2-4-7(11-6)9(13)12-8(5-16)10(14)15/h2-4,8,16H,5H2,1H3,(H,12,13)(H,14,15)/t8-/m0/s1. The number of amides is 1. The van der Waals surface area contributed by atoms with E-state index in [2.05, 4.69) is 22.9 Å². The van der Waals surface area contributed by atoms with Gasteiger partial charge in [0.25, 0.3) is 5.91 Å². The van der Waals surface area contributed by atoms with Crippen molar-refractivity contribution in [3.05, 3.63) is 29.6 Å².